The number of aromatic nitrogens is 7. The number of amides is 2. The van der Waals surface area contributed by atoms with Crippen LogP contribution in [0.4, 0.5) is 34.1 Å². The van der Waals surface area contributed by atoms with Crippen LogP contribution in [0.3, 0.4) is 0 Å². The first-order chi connectivity index (χ1) is 50.3. The Bertz CT molecular complexity index is 5060. The summed E-state index contributed by atoms with van der Waals surface area (Å²) < 4.78 is 11.7. The molecule has 0 unspecified atom stereocenters. The molecule has 2 amide bonds. The molecule has 0 spiro atoms. The summed E-state index contributed by atoms with van der Waals surface area (Å²) in [4.78, 5) is 65.5. The minimum Gasteiger partial charge on any atom is -0.378 e. The van der Waals surface area contributed by atoms with Crippen molar-refractivity contribution in [2.75, 3.05) is 106 Å². The van der Waals surface area contributed by atoms with Crippen LogP contribution >= 0.6 is 0 Å². The van der Waals surface area contributed by atoms with Crippen LogP contribution in [0.25, 0.3) is 50.7 Å². The highest BCUT2D eigenvalue weighted by Crippen LogP contribution is 2.34. The lowest BCUT2D eigenvalue weighted by atomic mass is 9.94. The maximum atomic E-state index is 13.3. The van der Waals surface area contributed by atoms with Gasteiger partial charge in [-0.25, -0.2) is 15.0 Å². The predicted octanol–water partition coefficient (Wildman–Crippen LogP) is 14.3. The number of nitrogens with zero attached hydrogens (tertiary/aromatic N) is 11. The smallest absolute Gasteiger partial charge is 0.253 e. The number of likely N-dealkylation sites (N-methyl/N-ethyl adjacent to an activating group) is 1. The predicted molar refractivity (Wildman–Crippen MR) is 413 cm³/mol. The van der Waals surface area contributed by atoms with Crippen LogP contribution in [-0.4, -0.2) is 151 Å². The number of benzene rings is 5. The van der Waals surface area contributed by atoms with Crippen LogP contribution in [0.15, 0.2) is 200 Å². The van der Waals surface area contributed by atoms with E-state index in [9.17, 15) is 14.4 Å². The number of nitrogens with one attached hydrogen (secondary N) is 4. The number of rotatable bonds is 14. The summed E-state index contributed by atoms with van der Waals surface area (Å²) >= 11 is 0. The number of hydrogen-bond acceptors (Lipinski definition) is 13. The van der Waals surface area contributed by atoms with Crippen LogP contribution in [0.1, 0.15) is 93.6 Å². The van der Waals surface area contributed by atoms with Gasteiger partial charge < -0.3 is 50.2 Å². The molecule has 103 heavy (non-hydrogen) atoms. The molecule has 0 aliphatic carbocycles. The second-order valence-electron chi connectivity index (χ2n) is 28.1. The number of anilines is 6. The lowest BCUT2D eigenvalue weighted by Gasteiger charge is -2.41. The lowest BCUT2D eigenvalue weighted by molar-refractivity contribution is 0.0560. The molecule has 0 radical (unpaired) electrons. The molecule has 17 rings (SSSR count). The second-order valence-corrected chi connectivity index (χ2v) is 28.1. The number of carbonyl (C=O) groups is 2. The number of piperidine rings is 2. The Morgan fingerprint density at radius 2 is 1.17 bits per heavy atom. The van der Waals surface area contributed by atoms with Crippen molar-refractivity contribution in [3.8, 4) is 33.8 Å². The highest BCUT2D eigenvalue weighted by Gasteiger charge is 2.30. The molecule has 4 N–H and O–H groups in total. The first-order valence-electron chi connectivity index (χ1n) is 36.6. The fraction of sp³-hybridized carbons (Fsp3) is 0.310. The summed E-state index contributed by atoms with van der Waals surface area (Å²) in [7, 11) is 0. The van der Waals surface area contributed by atoms with E-state index >= 15 is 0 Å². The number of ether oxygens (including phenoxy) is 1. The van der Waals surface area contributed by atoms with Crippen molar-refractivity contribution >= 4 is 62.9 Å². The number of aryl methyl sites for hydroxylation is 3. The molecule has 4 saturated heterocycles. The standard InChI is InChI=1S/C33H36N6O2.C26H27N3O.C25H28N6O/c1-22-10-15-37(16-11-22)27-12-17-38(18-13-27)33(41)23-2-5-26(6-3-23)36-29-8-9-30(39-19-14-34-31(29)39)24-4-7-28-25(20-24)21-35-32(28)40;1-19-3-6-22(17-20(19)2)25-10-7-23(26-27-11-12-29(25)26)18-21-4-8-24(9-5-21)28-13-15-30-16-14-28;1-3-29-12-14-30(15-13-29)22-6-4-20(16-18(22)2)28-21-5-7-23(31-11-10-27-25(21)31)19-8-9-26-24(32)17-19/h2-9,14,19-20,22,27,36H,10-13,15-18,21H2,1H3,(H,35,40);3-12,17H,13-16,18H2,1-2H3;4-11,16-17,28H,3,12-15H2,1-2H3,(H,26,32). The maximum absolute atomic E-state index is 13.3. The van der Waals surface area contributed by atoms with Crippen LogP contribution < -0.4 is 31.3 Å². The minimum absolute atomic E-state index is 0.0151. The summed E-state index contributed by atoms with van der Waals surface area (Å²) in [5.74, 6) is 0.949. The third-order valence-electron chi connectivity index (χ3n) is 21.5. The van der Waals surface area contributed by atoms with Crippen molar-refractivity contribution in [2.24, 2.45) is 5.92 Å². The van der Waals surface area contributed by atoms with Crippen LogP contribution in [0, 0.1) is 26.7 Å². The van der Waals surface area contributed by atoms with Gasteiger partial charge in [-0.3, -0.25) is 27.6 Å². The molecule has 5 aromatic carbocycles. The molecule has 4 fully saturated rings. The molecule has 7 aromatic heterocycles. The molecular weight excluding hydrogens is 1280 g/mol. The zero-order valence-corrected chi connectivity index (χ0v) is 59.6. The molecule has 5 aliphatic heterocycles. The van der Waals surface area contributed by atoms with Gasteiger partial charge in [0, 0.05) is 160 Å². The molecule has 0 atom stereocenters. The first-order valence-corrected chi connectivity index (χ1v) is 36.6. The van der Waals surface area contributed by atoms with Crippen molar-refractivity contribution in [2.45, 2.75) is 79.3 Å². The Morgan fingerprint density at radius 3 is 1.82 bits per heavy atom. The fourth-order valence-corrected chi connectivity index (χ4v) is 15.3. The monoisotopic (exact) mass is 1370 g/mol. The highest BCUT2D eigenvalue weighted by molar-refractivity contribution is 5.99. The van der Waals surface area contributed by atoms with Gasteiger partial charge in [0.2, 0.25) is 5.56 Å². The molecule has 0 bridgehead atoms. The van der Waals surface area contributed by atoms with Crippen molar-refractivity contribution in [1.82, 2.24) is 53.2 Å². The number of hydrogen-bond donors (Lipinski definition) is 4. The van der Waals surface area contributed by atoms with Crippen molar-refractivity contribution in [3.05, 3.63) is 250 Å². The van der Waals surface area contributed by atoms with Gasteiger partial charge in [0.15, 0.2) is 11.3 Å². The Hall–Kier alpha value is -10.9. The van der Waals surface area contributed by atoms with Crippen LogP contribution in [0.2, 0.25) is 0 Å². The average Bonchev–Trinajstić information content (AvgIpc) is 1.71. The van der Waals surface area contributed by atoms with E-state index in [1.807, 2.05) is 88.6 Å². The highest BCUT2D eigenvalue weighted by atomic mass is 16.5. The van der Waals surface area contributed by atoms with Gasteiger partial charge >= 0.3 is 0 Å². The van der Waals surface area contributed by atoms with Gasteiger partial charge in [0.05, 0.1) is 41.7 Å². The van der Waals surface area contributed by atoms with Crippen molar-refractivity contribution in [1.29, 1.82) is 0 Å². The quantitative estimate of drug-likeness (QED) is 0.0808. The van der Waals surface area contributed by atoms with E-state index in [0.29, 0.717) is 12.6 Å². The Kier molecular flexibility index (Phi) is 20.0. The SMILES string of the molecule is CC1CCN(C2CCN(C(=O)c3ccc(Nc4ccc(-c5ccc6c(c5)CNC6=O)n5ccnc45)cc3)CC2)CC1.CCN1CCN(c2ccc(Nc3ccc(-c4cc[nH]c(=O)c4)n4ccnc34)cc2C)CC1.Cc1ccc(-c2ccc(Cc3ccc(N4CCOCC4)cc3)c3nccn23)cc1C. The number of aromatic amines is 1. The van der Waals surface area contributed by atoms with E-state index in [2.05, 4.69) is 190 Å². The Labute approximate surface area is 601 Å². The van der Waals surface area contributed by atoms with E-state index in [1.54, 1.807) is 24.7 Å². The third-order valence-corrected chi connectivity index (χ3v) is 21.5. The molecule has 19 nitrogen and oxygen atoms in total. The minimum atomic E-state index is -0.121. The van der Waals surface area contributed by atoms with Crippen LogP contribution in [0.5, 0.6) is 0 Å². The Morgan fingerprint density at radius 1 is 0.553 bits per heavy atom. The number of fused-ring (bicyclic) bond motifs is 4. The fourth-order valence-electron chi connectivity index (χ4n) is 15.3. The summed E-state index contributed by atoms with van der Waals surface area (Å²) in [6, 6.07) is 52.5. The van der Waals surface area contributed by atoms with Crippen LogP contribution in [-0.2, 0) is 17.7 Å². The summed E-state index contributed by atoms with van der Waals surface area (Å²) in [6.07, 6.45) is 18.7. The molecule has 19 heteroatoms. The number of H-pyrrole nitrogens is 1. The van der Waals surface area contributed by atoms with E-state index in [-0.39, 0.29) is 17.4 Å². The zero-order valence-electron chi connectivity index (χ0n) is 59.6. The second kappa shape index (κ2) is 30.4. The molecule has 0 saturated carbocycles. The molecular formula is C84H91N15O4. The molecule has 526 valence electrons. The normalized spacial score (nSPS) is 16.1. The third kappa shape index (κ3) is 14.9. The van der Waals surface area contributed by atoms with E-state index in [0.717, 1.165) is 176 Å². The number of piperazine rings is 1. The van der Waals surface area contributed by atoms with E-state index in [1.165, 1.54) is 76.4 Å². The summed E-state index contributed by atoms with van der Waals surface area (Å²) in [6.45, 7) is 24.8. The van der Waals surface area contributed by atoms with Crippen molar-refractivity contribution in [3.63, 3.8) is 0 Å². The summed E-state index contributed by atoms with van der Waals surface area (Å²) in [5.41, 5.74) is 24.0. The first kappa shape index (κ1) is 67.9. The van der Waals surface area contributed by atoms with Gasteiger partial charge in [0.1, 0.15) is 5.65 Å². The van der Waals surface area contributed by atoms with Gasteiger partial charge in [0.25, 0.3) is 11.8 Å². The zero-order chi connectivity index (χ0) is 70.5. The Balaban J connectivity index is 0.000000127. The van der Waals surface area contributed by atoms with E-state index < -0.39 is 0 Å². The largest absolute Gasteiger partial charge is 0.378 e. The van der Waals surface area contributed by atoms with Gasteiger partial charge in [-0.2, -0.15) is 0 Å². The number of pyridine rings is 4. The van der Waals surface area contributed by atoms with Crippen molar-refractivity contribution < 1.29 is 14.3 Å². The lowest BCUT2D eigenvalue weighted by Crippen LogP contribution is -2.48. The number of morpholine rings is 1. The number of carbonyl (C=O) groups excluding carboxylic acids is 2. The number of imidazole rings is 3. The maximum Gasteiger partial charge on any atom is 0.253 e. The molecule has 5 aliphatic rings. The van der Waals surface area contributed by atoms with E-state index in [4.69, 9.17) is 4.74 Å². The van der Waals surface area contributed by atoms with Gasteiger partial charge in [-0.1, -0.05) is 50.2 Å². The van der Waals surface area contributed by atoms with Gasteiger partial charge in [-0.15, -0.1) is 0 Å². The number of likely N-dealkylation sites (tertiary alicyclic amines) is 2. The molecule has 12 aromatic rings. The topological polar surface area (TPSA) is 180 Å². The molecule has 12 heterocycles. The average molecular weight is 1370 g/mol. The van der Waals surface area contributed by atoms with Gasteiger partial charge in [-0.05, 0) is 226 Å². The summed E-state index contributed by atoms with van der Waals surface area (Å²) in [5, 5.41) is 9.90.